The van der Waals surface area contributed by atoms with Gasteiger partial charge in [-0.25, -0.2) is 15.0 Å². The smallest absolute Gasteiger partial charge is 0.249 e. The molecule has 1 aliphatic rings. The van der Waals surface area contributed by atoms with Crippen LogP contribution in [0.15, 0.2) is 48.8 Å². The second-order valence-electron chi connectivity index (χ2n) is 6.41. The Bertz CT molecular complexity index is 930. The van der Waals surface area contributed by atoms with Crippen LogP contribution < -0.4 is 16.0 Å². The van der Waals surface area contributed by atoms with Crippen LogP contribution in [-0.2, 0) is 0 Å². The molecule has 1 aromatic carbocycles. The number of piperidine rings is 1. The highest BCUT2D eigenvalue weighted by molar-refractivity contribution is 6.06. The molecule has 1 aliphatic heterocycles. The lowest BCUT2D eigenvalue weighted by molar-refractivity contribution is 0.100. The molecule has 1 saturated heterocycles. The fraction of sp³-hybridized carbons (Fsp3) is 0.263. The lowest BCUT2D eigenvalue weighted by Crippen LogP contribution is -2.43. The molecule has 26 heavy (non-hydrogen) atoms. The van der Waals surface area contributed by atoms with Crippen molar-refractivity contribution in [2.45, 2.75) is 18.9 Å². The number of benzene rings is 1. The Balaban J connectivity index is 1.58. The summed E-state index contributed by atoms with van der Waals surface area (Å²) in [5.74, 6) is 0.955. The fourth-order valence-corrected chi connectivity index (χ4v) is 3.39. The van der Waals surface area contributed by atoms with Crippen LogP contribution in [0.25, 0.3) is 10.9 Å². The Morgan fingerprint density at radius 1 is 1.19 bits per heavy atom. The number of carbonyl (C=O) groups excluding carboxylic acids is 1. The molecule has 0 saturated carbocycles. The van der Waals surface area contributed by atoms with Crippen LogP contribution in [0.1, 0.15) is 23.2 Å². The minimum Gasteiger partial charge on any atom is -0.366 e. The molecule has 0 bridgehead atoms. The first kappa shape index (κ1) is 16.3. The van der Waals surface area contributed by atoms with Crippen LogP contribution in [-0.4, -0.2) is 40.0 Å². The van der Waals surface area contributed by atoms with Crippen molar-refractivity contribution in [3.05, 3.63) is 54.4 Å². The van der Waals surface area contributed by atoms with Crippen molar-refractivity contribution >= 4 is 28.6 Å². The monoisotopic (exact) mass is 348 g/mol. The van der Waals surface area contributed by atoms with E-state index in [-0.39, 0.29) is 6.04 Å². The van der Waals surface area contributed by atoms with Crippen LogP contribution in [0, 0.1) is 0 Å². The number of anilines is 2. The van der Waals surface area contributed by atoms with Crippen LogP contribution in [0.3, 0.4) is 0 Å². The molecule has 2 aromatic heterocycles. The highest BCUT2D eigenvalue weighted by atomic mass is 16.1. The van der Waals surface area contributed by atoms with Crippen molar-refractivity contribution in [2.75, 3.05) is 23.3 Å². The molecule has 0 unspecified atom stereocenters. The van der Waals surface area contributed by atoms with Crippen molar-refractivity contribution < 1.29 is 4.79 Å². The summed E-state index contributed by atoms with van der Waals surface area (Å²) in [5.41, 5.74) is 6.80. The Morgan fingerprint density at radius 3 is 2.81 bits per heavy atom. The number of primary amides is 1. The van der Waals surface area contributed by atoms with Gasteiger partial charge >= 0.3 is 0 Å². The zero-order chi connectivity index (χ0) is 17.9. The first-order valence-electron chi connectivity index (χ1n) is 8.69. The third-order valence-electron chi connectivity index (χ3n) is 4.59. The van der Waals surface area contributed by atoms with Crippen molar-refractivity contribution in [1.29, 1.82) is 0 Å². The number of pyridine rings is 1. The van der Waals surface area contributed by atoms with Crippen molar-refractivity contribution in [3.63, 3.8) is 0 Å². The predicted molar refractivity (Wildman–Crippen MR) is 101 cm³/mol. The highest BCUT2D eigenvalue weighted by Gasteiger charge is 2.22. The molecule has 4 rings (SSSR count). The van der Waals surface area contributed by atoms with Crippen LogP contribution in [0.2, 0.25) is 0 Å². The molecule has 132 valence electrons. The Labute approximate surface area is 151 Å². The number of nitrogens with two attached hydrogens (primary N) is 1. The summed E-state index contributed by atoms with van der Waals surface area (Å²) in [4.78, 5) is 27.3. The van der Waals surface area contributed by atoms with E-state index >= 15 is 0 Å². The number of amides is 1. The van der Waals surface area contributed by atoms with Gasteiger partial charge in [-0.1, -0.05) is 18.2 Å². The van der Waals surface area contributed by atoms with Crippen molar-refractivity contribution in [2.24, 2.45) is 5.73 Å². The lowest BCUT2D eigenvalue weighted by Gasteiger charge is -2.33. The number of carbonyl (C=O) groups is 1. The van der Waals surface area contributed by atoms with Crippen molar-refractivity contribution in [1.82, 2.24) is 15.0 Å². The maximum atomic E-state index is 11.8. The van der Waals surface area contributed by atoms with E-state index in [4.69, 9.17) is 5.73 Å². The molecule has 1 amide bonds. The van der Waals surface area contributed by atoms with Crippen LogP contribution in [0.5, 0.6) is 0 Å². The maximum absolute atomic E-state index is 11.8. The topological polar surface area (TPSA) is 97.0 Å². The molecule has 7 nitrogen and oxygen atoms in total. The van der Waals surface area contributed by atoms with Gasteiger partial charge < -0.3 is 16.0 Å². The van der Waals surface area contributed by atoms with Crippen LogP contribution in [0.4, 0.5) is 11.8 Å². The number of aromatic nitrogens is 3. The summed E-state index contributed by atoms with van der Waals surface area (Å²) < 4.78 is 0. The molecule has 0 spiro atoms. The van der Waals surface area contributed by atoms with Gasteiger partial charge in [0.15, 0.2) is 0 Å². The summed E-state index contributed by atoms with van der Waals surface area (Å²) in [6.45, 7) is 1.71. The number of rotatable bonds is 4. The summed E-state index contributed by atoms with van der Waals surface area (Å²) in [7, 11) is 0. The first-order valence-corrected chi connectivity index (χ1v) is 8.69. The van der Waals surface area contributed by atoms with E-state index < -0.39 is 5.91 Å². The van der Waals surface area contributed by atoms with E-state index in [9.17, 15) is 4.79 Å². The summed E-state index contributed by atoms with van der Waals surface area (Å²) in [5, 5.41) is 4.22. The SMILES string of the molecule is NC(=O)c1cc(N[C@@H]2CCCN(c3ncccn3)C2)nc2ccccc12. The Kier molecular flexibility index (Phi) is 4.35. The van der Waals surface area contributed by atoms with Gasteiger partial charge in [0.1, 0.15) is 5.82 Å². The van der Waals surface area contributed by atoms with E-state index in [0.29, 0.717) is 11.4 Å². The molecular weight excluding hydrogens is 328 g/mol. The Morgan fingerprint density at radius 2 is 2.00 bits per heavy atom. The van der Waals surface area contributed by atoms with Gasteiger partial charge in [0, 0.05) is 36.9 Å². The number of para-hydroxylation sites is 1. The molecule has 0 radical (unpaired) electrons. The number of nitrogens with one attached hydrogen (secondary N) is 1. The molecule has 3 heterocycles. The van der Waals surface area contributed by atoms with E-state index in [2.05, 4.69) is 25.2 Å². The van der Waals surface area contributed by atoms with Gasteiger partial charge in [-0.15, -0.1) is 0 Å². The minimum absolute atomic E-state index is 0.196. The third kappa shape index (κ3) is 3.28. The summed E-state index contributed by atoms with van der Waals surface area (Å²) in [6, 6.07) is 11.3. The van der Waals surface area contributed by atoms with E-state index in [1.807, 2.05) is 30.3 Å². The quantitative estimate of drug-likeness (QED) is 0.750. The second kappa shape index (κ2) is 6.95. The molecule has 3 aromatic rings. The van der Waals surface area contributed by atoms with Crippen molar-refractivity contribution in [3.8, 4) is 0 Å². The van der Waals surface area contributed by atoms with E-state index in [0.717, 1.165) is 42.8 Å². The molecule has 0 aliphatic carbocycles. The number of nitrogens with zero attached hydrogens (tertiary/aromatic N) is 4. The summed E-state index contributed by atoms with van der Waals surface area (Å²) >= 11 is 0. The molecular formula is C19H20N6O. The highest BCUT2D eigenvalue weighted by Crippen LogP contribution is 2.23. The average Bonchev–Trinajstić information content (AvgIpc) is 2.68. The largest absolute Gasteiger partial charge is 0.366 e. The summed E-state index contributed by atoms with van der Waals surface area (Å²) in [6.07, 6.45) is 5.56. The standard InChI is InChI=1S/C19H20N6O/c20-18(26)15-11-17(24-16-7-2-1-6-14(15)16)23-13-5-3-10-25(12-13)19-21-8-4-9-22-19/h1-2,4,6-9,11,13H,3,5,10,12H2,(H2,20,26)(H,23,24)/t13-/m1/s1. The molecule has 1 fully saturated rings. The first-order chi connectivity index (χ1) is 12.7. The second-order valence-corrected chi connectivity index (χ2v) is 6.41. The molecule has 7 heteroatoms. The fourth-order valence-electron chi connectivity index (χ4n) is 3.39. The maximum Gasteiger partial charge on any atom is 0.249 e. The van der Waals surface area contributed by atoms with E-state index in [1.165, 1.54) is 0 Å². The minimum atomic E-state index is -0.449. The zero-order valence-electron chi connectivity index (χ0n) is 14.3. The van der Waals surface area contributed by atoms with Gasteiger partial charge in [-0.3, -0.25) is 4.79 Å². The number of fused-ring (bicyclic) bond motifs is 1. The van der Waals surface area contributed by atoms with Crippen LogP contribution >= 0.6 is 0 Å². The lowest BCUT2D eigenvalue weighted by atomic mass is 10.1. The van der Waals surface area contributed by atoms with E-state index in [1.54, 1.807) is 18.5 Å². The van der Waals surface area contributed by atoms with Gasteiger partial charge in [-0.05, 0) is 31.0 Å². The normalized spacial score (nSPS) is 17.2. The van der Waals surface area contributed by atoms with Gasteiger partial charge in [0.05, 0.1) is 11.1 Å². The number of hydrogen-bond acceptors (Lipinski definition) is 6. The van der Waals surface area contributed by atoms with Gasteiger partial charge in [0.2, 0.25) is 11.9 Å². The average molecular weight is 348 g/mol. The third-order valence-corrected chi connectivity index (χ3v) is 4.59. The zero-order valence-corrected chi connectivity index (χ0v) is 14.3. The molecule has 1 atom stereocenters. The Hall–Kier alpha value is -3.22. The van der Waals surface area contributed by atoms with Gasteiger partial charge in [0.25, 0.3) is 0 Å². The number of hydrogen-bond donors (Lipinski definition) is 2. The predicted octanol–water partition coefficient (Wildman–Crippen LogP) is 2.20. The van der Waals surface area contributed by atoms with Gasteiger partial charge in [-0.2, -0.15) is 0 Å². The molecule has 3 N–H and O–H groups in total.